The number of hydrogen-bond donors (Lipinski definition) is 4. The minimum Gasteiger partial charge on any atom is -0.480 e. The number of carbonyl (C=O) groups is 2. The van der Waals surface area contributed by atoms with Gasteiger partial charge in [0.15, 0.2) is 0 Å². The Morgan fingerprint density at radius 1 is 1.61 bits per heavy atom. The molecule has 18 heavy (non-hydrogen) atoms. The largest absolute Gasteiger partial charge is 0.480 e. The molecule has 1 heterocycles. The molecule has 4 N–H and O–H groups in total. The van der Waals surface area contributed by atoms with Crippen LogP contribution < -0.4 is 10.6 Å². The molecule has 1 atom stereocenters. The lowest BCUT2D eigenvalue weighted by Crippen LogP contribution is -2.46. The highest BCUT2D eigenvalue weighted by Crippen LogP contribution is 2.01. The molecule has 0 radical (unpaired) electrons. The smallest absolute Gasteiger partial charge is 0.326 e. The molecule has 0 saturated carbocycles. The molecule has 0 saturated heterocycles. The minimum absolute atomic E-state index is 0.278. The molecular formula is C10H16N4O3S. The van der Waals surface area contributed by atoms with Crippen molar-refractivity contribution in [3.05, 3.63) is 18.2 Å². The number of nitrogens with one attached hydrogen (secondary N) is 3. The summed E-state index contributed by atoms with van der Waals surface area (Å²) in [6.07, 6.45) is 5.38. The summed E-state index contributed by atoms with van der Waals surface area (Å²) < 4.78 is 0. The van der Waals surface area contributed by atoms with E-state index >= 15 is 0 Å². The number of amides is 2. The maximum atomic E-state index is 11.5. The normalized spacial score (nSPS) is 11.8. The van der Waals surface area contributed by atoms with Crippen molar-refractivity contribution in [1.82, 2.24) is 20.6 Å². The van der Waals surface area contributed by atoms with E-state index in [0.717, 1.165) is 5.69 Å². The van der Waals surface area contributed by atoms with Crippen molar-refractivity contribution >= 4 is 23.8 Å². The first kappa shape index (κ1) is 14.4. The molecular weight excluding hydrogens is 256 g/mol. The lowest BCUT2D eigenvalue weighted by Gasteiger charge is -2.14. The first-order valence-corrected chi connectivity index (χ1v) is 6.76. The average Bonchev–Trinajstić information content (AvgIpc) is 2.84. The van der Waals surface area contributed by atoms with E-state index in [9.17, 15) is 9.59 Å². The molecule has 1 aromatic rings. The minimum atomic E-state index is -1.03. The maximum absolute atomic E-state index is 11.5. The molecule has 0 aromatic carbocycles. The van der Waals surface area contributed by atoms with Crippen molar-refractivity contribution in [1.29, 1.82) is 0 Å². The van der Waals surface area contributed by atoms with Crippen LogP contribution in [0.2, 0.25) is 0 Å². The van der Waals surface area contributed by atoms with Crippen molar-refractivity contribution < 1.29 is 14.7 Å². The number of carbonyl (C=O) groups excluding carboxylic acids is 1. The number of urea groups is 1. The molecule has 0 aliphatic carbocycles. The number of imidazole rings is 1. The van der Waals surface area contributed by atoms with Gasteiger partial charge in [-0.05, 0) is 18.4 Å². The second kappa shape index (κ2) is 7.59. The van der Waals surface area contributed by atoms with Gasteiger partial charge in [0, 0.05) is 6.20 Å². The zero-order valence-electron chi connectivity index (χ0n) is 9.97. The van der Waals surface area contributed by atoms with E-state index < -0.39 is 18.0 Å². The zero-order chi connectivity index (χ0) is 13.4. The van der Waals surface area contributed by atoms with E-state index in [1.165, 1.54) is 18.1 Å². The predicted molar refractivity (Wildman–Crippen MR) is 68.4 cm³/mol. The molecule has 0 fully saturated rings. The molecule has 8 heteroatoms. The topological polar surface area (TPSA) is 107 Å². The number of H-pyrrole nitrogens is 1. The van der Waals surface area contributed by atoms with E-state index in [0.29, 0.717) is 12.2 Å². The highest BCUT2D eigenvalue weighted by atomic mass is 32.2. The van der Waals surface area contributed by atoms with E-state index in [2.05, 4.69) is 20.6 Å². The first-order valence-electron chi connectivity index (χ1n) is 5.37. The summed E-state index contributed by atoms with van der Waals surface area (Å²) in [7, 11) is 0. The molecule has 0 aliphatic rings. The fraction of sp³-hybridized carbons (Fsp3) is 0.500. The fourth-order valence-corrected chi connectivity index (χ4v) is 1.73. The Morgan fingerprint density at radius 2 is 2.39 bits per heavy atom. The van der Waals surface area contributed by atoms with Crippen molar-refractivity contribution in [2.45, 2.75) is 19.0 Å². The highest BCUT2D eigenvalue weighted by Gasteiger charge is 2.18. The van der Waals surface area contributed by atoms with Crippen LogP contribution in [0.15, 0.2) is 12.5 Å². The monoisotopic (exact) mass is 272 g/mol. The molecule has 1 rings (SSSR count). The van der Waals surface area contributed by atoms with Gasteiger partial charge in [-0.3, -0.25) is 0 Å². The molecule has 0 aliphatic heterocycles. The van der Waals surface area contributed by atoms with Crippen molar-refractivity contribution in [3.8, 4) is 0 Å². The lowest BCUT2D eigenvalue weighted by atomic mass is 10.2. The van der Waals surface area contributed by atoms with Gasteiger partial charge in [0.1, 0.15) is 6.04 Å². The summed E-state index contributed by atoms with van der Waals surface area (Å²) in [6, 6.07) is -1.36. The van der Waals surface area contributed by atoms with Crippen LogP contribution in [-0.4, -0.2) is 45.1 Å². The number of carboxylic acids is 1. The average molecular weight is 272 g/mol. The summed E-state index contributed by atoms with van der Waals surface area (Å²) in [5, 5.41) is 13.9. The number of rotatable bonds is 7. The van der Waals surface area contributed by atoms with Gasteiger partial charge in [-0.25, -0.2) is 14.6 Å². The van der Waals surface area contributed by atoms with Gasteiger partial charge >= 0.3 is 12.0 Å². The Bertz CT molecular complexity index is 382. The lowest BCUT2D eigenvalue weighted by molar-refractivity contribution is -0.139. The number of aromatic amines is 1. The Hall–Kier alpha value is -1.70. The van der Waals surface area contributed by atoms with Crippen LogP contribution in [0, 0.1) is 0 Å². The number of aromatic nitrogens is 2. The second-order valence-electron chi connectivity index (χ2n) is 3.58. The van der Waals surface area contributed by atoms with Gasteiger partial charge in [0.25, 0.3) is 0 Å². The van der Waals surface area contributed by atoms with Gasteiger partial charge in [0.2, 0.25) is 0 Å². The van der Waals surface area contributed by atoms with Crippen LogP contribution in [0.25, 0.3) is 0 Å². The van der Waals surface area contributed by atoms with Crippen molar-refractivity contribution in [3.63, 3.8) is 0 Å². The SMILES string of the molecule is CSCC[C@H](NC(=O)NCc1cnc[nH]1)C(=O)O. The fourth-order valence-electron chi connectivity index (χ4n) is 1.26. The van der Waals surface area contributed by atoms with E-state index in [-0.39, 0.29) is 6.54 Å². The van der Waals surface area contributed by atoms with Crippen LogP contribution in [0.5, 0.6) is 0 Å². The Morgan fingerprint density at radius 3 is 2.94 bits per heavy atom. The van der Waals surface area contributed by atoms with Gasteiger partial charge in [-0.2, -0.15) is 11.8 Å². The van der Waals surface area contributed by atoms with Crippen LogP contribution in [-0.2, 0) is 11.3 Å². The number of thioether (sulfide) groups is 1. The van der Waals surface area contributed by atoms with E-state index in [4.69, 9.17) is 5.11 Å². The second-order valence-corrected chi connectivity index (χ2v) is 4.56. The number of hydrogen-bond acceptors (Lipinski definition) is 4. The van der Waals surface area contributed by atoms with Crippen molar-refractivity contribution in [2.75, 3.05) is 12.0 Å². The van der Waals surface area contributed by atoms with Gasteiger partial charge < -0.3 is 20.7 Å². The van der Waals surface area contributed by atoms with Crippen LogP contribution in [0.4, 0.5) is 4.79 Å². The first-order chi connectivity index (χ1) is 8.63. The molecule has 0 bridgehead atoms. The summed E-state index contributed by atoms with van der Waals surface area (Å²) >= 11 is 1.54. The van der Waals surface area contributed by atoms with E-state index in [1.807, 2.05) is 6.26 Å². The molecule has 2 amide bonds. The maximum Gasteiger partial charge on any atom is 0.326 e. The molecule has 1 aromatic heterocycles. The molecule has 100 valence electrons. The number of aliphatic carboxylic acids is 1. The zero-order valence-corrected chi connectivity index (χ0v) is 10.8. The quantitative estimate of drug-likeness (QED) is 0.575. The standard InChI is InChI=1S/C10H16N4O3S/c1-18-3-2-8(9(15)16)14-10(17)12-5-7-4-11-6-13-7/h4,6,8H,2-3,5H2,1H3,(H,11,13)(H,15,16)(H2,12,14,17)/t8-/m0/s1. The molecule has 7 nitrogen and oxygen atoms in total. The third kappa shape index (κ3) is 5.09. The van der Waals surface area contributed by atoms with E-state index in [1.54, 1.807) is 6.20 Å². The summed E-state index contributed by atoms with van der Waals surface area (Å²) in [5.74, 6) is -0.349. The summed E-state index contributed by atoms with van der Waals surface area (Å²) in [5.41, 5.74) is 0.751. The van der Waals surface area contributed by atoms with Crippen LogP contribution in [0.3, 0.4) is 0 Å². The van der Waals surface area contributed by atoms with Crippen LogP contribution in [0.1, 0.15) is 12.1 Å². The van der Waals surface area contributed by atoms with Crippen LogP contribution >= 0.6 is 11.8 Å². The van der Waals surface area contributed by atoms with Crippen molar-refractivity contribution in [2.24, 2.45) is 0 Å². The molecule has 0 unspecified atom stereocenters. The predicted octanol–water partition coefficient (Wildman–Crippen LogP) is 0.415. The molecule has 0 spiro atoms. The Balaban J connectivity index is 2.34. The highest BCUT2D eigenvalue weighted by molar-refractivity contribution is 7.98. The summed E-state index contributed by atoms with van der Waals surface area (Å²) in [6.45, 7) is 0.278. The number of nitrogens with zero attached hydrogens (tertiary/aromatic N) is 1. The Kier molecular flexibility index (Phi) is 6.06. The number of carboxylic acid groups (broad SMARTS) is 1. The third-order valence-electron chi connectivity index (χ3n) is 2.21. The Labute approximate surface area is 109 Å². The third-order valence-corrected chi connectivity index (χ3v) is 2.85. The van der Waals surface area contributed by atoms with Gasteiger partial charge in [0.05, 0.1) is 18.6 Å². The summed E-state index contributed by atoms with van der Waals surface area (Å²) in [4.78, 5) is 29.0. The van der Waals surface area contributed by atoms with Gasteiger partial charge in [-0.1, -0.05) is 0 Å². The van der Waals surface area contributed by atoms with Gasteiger partial charge in [-0.15, -0.1) is 0 Å².